The molecule has 0 spiro atoms. The molecule has 1 amide bonds. The normalized spacial score (nSPS) is 21.9. The molecule has 1 aliphatic rings. The van der Waals surface area contributed by atoms with E-state index >= 15 is 0 Å². The molecule has 0 N–H and O–H groups in total. The summed E-state index contributed by atoms with van der Waals surface area (Å²) in [5.41, 5.74) is 0. The molecule has 3 heteroatoms. The summed E-state index contributed by atoms with van der Waals surface area (Å²) in [5.74, 6) is 0.285. The summed E-state index contributed by atoms with van der Waals surface area (Å²) in [6.07, 6.45) is 4.20. The van der Waals surface area contributed by atoms with Gasteiger partial charge in [-0.2, -0.15) is 0 Å². The number of amides is 1. The van der Waals surface area contributed by atoms with Gasteiger partial charge in [0.05, 0.1) is 0 Å². The summed E-state index contributed by atoms with van der Waals surface area (Å²) in [6, 6.07) is 0. The van der Waals surface area contributed by atoms with Crippen molar-refractivity contribution in [1.82, 2.24) is 3.92 Å². The van der Waals surface area contributed by atoms with Gasteiger partial charge < -0.3 is 0 Å². The molecule has 52 valence electrons. The van der Waals surface area contributed by atoms with E-state index in [4.69, 9.17) is 0 Å². The van der Waals surface area contributed by atoms with E-state index < -0.39 is 0 Å². The SMILES string of the molecule is O=C1CCCCCN1[SeH]. The van der Waals surface area contributed by atoms with Crippen molar-refractivity contribution in [2.45, 2.75) is 25.7 Å². The zero-order chi connectivity index (χ0) is 6.69. The molecule has 1 saturated heterocycles. The quantitative estimate of drug-likeness (QED) is 0.502. The van der Waals surface area contributed by atoms with Crippen LogP contribution in [0.15, 0.2) is 0 Å². The van der Waals surface area contributed by atoms with Crippen LogP contribution >= 0.6 is 0 Å². The van der Waals surface area contributed by atoms with Crippen LogP contribution in [0.4, 0.5) is 0 Å². The third kappa shape index (κ3) is 1.99. The van der Waals surface area contributed by atoms with Crippen molar-refractivity contribution in [2.75, 3.05) is 6.54 Å². The van der Waals surface area contributed by atoms with Gasteiger partial charge in [-0.3, -0.25) is 0 Å². The van der Waals surface area contributed by atoms with Gasteiger partial charge in [0.25, 0.3) is 0 Å². The number of carbonyl (C=O) groups is 1. The molecule has 1 rings (SSSR count). The molecular weight excluding hydrogens is 181 g/mol. The van der Waals surface area contributed by atoms with E-state index in [1.54, 1.807) is 3.92 Å². The van der Waals surface area contributed by atoms with E-state index in [-0.39, 0.29) is 5.91 Å². The topological polar surface area (TPSA) is 20.3 Å². The van der Waals surface area contributed by atoms with Gasteiger partial charge in [0.15, 0.2) is 0 Å². The monoisotopic (exact) mass is 193 g/mol. The van der Waals surface area contributed by atoms with Crippen LogP contribution in [0.5, 0.6) is 0 Å². The maximum atomic E-state index is 10.9. The summed E-state index contributed by atoms with van der Waals surface area (Å²) < 4.78 is 1.76. The Morgan fingerprint density at radius 3 is 2.89 bits per heavy atom. The van der Waals surface area contributed by atoms with Gasteiger partial charge in [-0.15, -0.1) is 0 Å². The number of hydrogen-bond donors (Lipinski definition) is 0. The molecule has 0 saturated carbocycles. The van der Waals surface area contributed by atoms with Gasteiger partial charge >= 0.3 is 63.1 Å². The van der Waals surface area contributed by atoms with Gasteiger partial charge in [0.1, 0.15) is 0 Å². The number of rotatable bonds is 0. The first kappa shape index (κ1) is 7.10. The predicted octanol–water partition coefficient (Wildman–Crippen LogP) is 0.205. The molecular formula is C6H11NOSe. The Labute approximate surface area is 63.6 Å². The van der Waals surface area contributed by atoms with Crippen LogP contribution in [-0.2, 0) is 4.79 Å². The fraction of sp³-hybridized carbons (Fsp3) is 0.833. The van der Waals surface area contributed by atoms with E-state index in [2.05, 4.69) is 16.2 Å². The summed E-state index contributed by atoms with van der Waals surface area (Å²) in [5, 5.41) is 0. The van der Waals surface area contributed by atoms with E-state index in [1.165, 1.54) is 12.8 Å². The first-order valence-corrected chi connectivity index (χ1v) is 4.14. The molecule has 2 nitrogen and oxygen atoms in total. The molecule has 0 atom stereocenters. The number of carbonyl (C=O) groups excluding carboxylic acids is 1. The number of nitrogens with zero attached hydrogens (tertiary/aromatic N) is 1. The van der Waals surface area contributed by atoms with Gasteiger partial charge in [-0.05, 0) is 0 Å². The van der Waals surface area contributed by atoms with Crippen molar-refractivity contribution in [3.63, 3.8) is 0 Å². The second kappa shape index (κ2) is 3.23. The van der Waals surface area contributed by atoms with Crippen molar-refractivity contribution >= 4 is 22.1 Å². The molecule has 0 aliphatic carbocycles. The first-order chi connectivity index (χ1) is 4.30. The van der Waals surface area contributed by atoms with Crippen molar-refractivity contribution in [3.05, 3.63) is 0 Å². The molecule has 0 unspecified atom stereocenters. The second-order valence-electron chi connectivity index (χ2n) is 2.33. The van der Waals surface area contributed by atoms with Crippen LogP contribution in [0, 0.1) is 0 Å². The van der Waals surface area contributed by atoms with Crippen LogP contribution in [0.1, 0.15) is 25.7 Å². The van der Waals surface area contributed by atoms with E-state index in [0.29, 0.717) is 0 Å². The van der Waals surface area contributed by atoms with Crippen LogP contribution < -0.4 is 0 Å². The molecule has 0 bridgehead atoms. The van der Waals surface area contributed by atoms with Crippen molar-refractivity contribution in [1.29, 1.82) is 0 Å². The molecule has 1 aliphatic heterocycles. The average molecular weight is 192 g/mol. The van der Waals surface area contributed by atoms with E-state index in [9.17, 15) is 4.79 Å². The Balaban J connectivity index is 2.41. The molecule has 1 heterocycles. The molecule has 1 fully saturated rings. The molecule has 0 aromatic heterocycles. The fourth-order valence-electron chi connectivity index (χ4n) is 0.968. The zero-order valence-corrected chi connectivity index (χ0v) is 7.21. The van der Waals surface area contributed by atoms with Gasteiger partial charge in [0, 0.05) is 0 Å². The van der Waals surface area contributed by atoms with Gasteiger partial charge in [-0.1, -0.05) is 0 Å². The van der Waals surface area contributed by atoms with Crippen molar-refractivity contribution in [3.8, 4) is 0 Å². The standard InChI is InChI=1S/C6H11NOSe/c8-6-4-2-1-3-5-7(6)9/h9H,1-5H2. The fourth-order valence-corrected chi connectivity index (χ4v) is 1.47. The summed E-state index contributed by atoms with van der Waals surface area (Å²) in [7, 11) is 0. The third-order valence-corrected chi connectivity index (χ3v) is 2.44. The molecule has 9 heavy (non-hydrogen) atoms. The minimum atomic E-state index is 0.285. The van der Waals surface area contributed by atoms with Crippen molar-refractivity contribution < 1.29 is 4.79 Å². The van der Waals surface area contributed by atoms with Crippen LogP contribution in [-0.4, -0.2) is 32.6 Å². The Kier molecular flexibility index (Phi) is 2.55. The second-order valence-corrected chi connectivity index (χ2v) is 3.34. The van der Waals surface area contributed by atoms with Crippen LogP contribution in [0.2, 0.25) is 0 Å². The van der Waals surface area contributed by atoms with Crippen LogP contribution in [0.3, 0.4) is 0 Å². The Hall–Kier alpha value is -0.0105. The molecule has 0 aromatic rings. The number of hydrogen-bond acceptors (Lipinski definition) is 1. The molecule has 0 aromatic carbocycles. The Bertz CT molecular complexity index is 116. The summed E-state index contributed by atoms with van der Waals surface area (Å²) in [6.45, 7) is 0.929. The zero-order valence-electron chi connectivity index (χ0n) is 5.34. The summed E-state index contributed by atoms with van der Waals surface area (Å²) >= 11 is 2.32. The van der Waals surface area contributed by atoms with E-state index in [0.717, 1.165) is 19.4 Å². The van der Waals surface area contributed by atoms with Gasteiger partial charge in [0.2, 0.25) is 0 Å². The third-order valence-electron chi connectivity index (χ3n) is 1.55. The Morgan fingerprint density at radius 1 is 1.33 bits per heavy atom. The predicted molar refractivity (Wildman–Crippen MR) is 37.3 cm³/mol. The van der Waals surface area contributed by atoms with Crippen molar-refractivity contribution in [2.24, 2.45) is 0 Å². The maximum absolute atomic E-state index is 10.9. The van der Waals surface area contributed by atoms with E-state index in [1.807, 2.05) is 0 Å². The molecule has 0 radical (unpaired) electrons. The minimum absolute atomic E-state index is 0.285. The van der Waals surface area contributed by atoms with Gasteiger partial charge in [-0.25, -0.2) is 0 Å². The summed E-state index contributed by atoms with van der Waals surface area (Å²) in [4.78, 5) is 10.9. The first-order valence-electron chi connectivity index (χ1n) is 3.30. The average Bonchev–Trinajstić information content (AvgIpc) is 1.99. The van der Waals surface area contributed by atoms with Crippen LogP contribution in [0.25, 0.3) is 0 Å². The Morgan fingerprint density at radius 2 is 2.11 bits per heavy atom.